The van der Waals surface area contributed by atoms with Crippen molar-refractivity contribution in [2.24, 2.45) is 0 Å². The Morgan fingerprint density at radius 1 is 1.47 bits per heavy atom. The standard InChI is InChI=1S/C11H15N3O3/c1-3-10(15)14-9-7-13-11(8-12-9)17-6-4-5-16-2/h3,7-8H,1,4-6H2,2H3,(H,12,14,15). The van der Waals surface area contributed by atoms with Crippen molar-refractivity contribution in [3.05, 3.63) is 25.0 Å². The Morgan fingerprint density at radius 2 is 2.29 bits per heavy atom. The number of anilines is 1. The molecule has 6 heteroatoms. The number of nitrogens with zero attached hydrogens (tertiary/aromatic N) is 2. The number of ether oxygens (including phenoxy) is 2. The van der Waals surface area contributed by atoms with E-state index < -0.39 is 0 Å². The first-order valence-electron chi connectivity index (χ1n) is 5.13. The van der Waals surface area contributed by atoms with E-state index in [-0.39, 0.29) is 5.91 Å². The molecular formula is C11H15N3O3. The average molecular weight is 237 g/mol. The van der Waals surface area contributed by atoms with Gasteiger partial charge in [-0.1, -0.05) is 6.58 Å². The predicted molar refractivity (Wildman–Crippen MR) is 62.8 cm³/mol. The Hall–Kier alpha value is -1.95. The van der Waals surface area contributed by atoms with E-state index in [1.54, 1.807) is 7.11 Å². The summed E-state index contributed by atoms with van der Waals surface area (Å²) >= 11 is 0. The number of amides is 1. The van der Waals surface area contributed by atoms with E-state index in [9.17, 15) is 4.79 Å². The molecule has 1 heterocycles. The molecule has 0 unspecified atom stereocenters. The van der Waals surface area contributed by atoms with Crippen molar-refractivity contribution < 1.29 is 14.3 Å². The van der Waals surface area contributed by atoms with Crippen LogP contribution in [0.1, 0.15) is 6.42 Å². The number of rotatable bonds is 7. The van der Waals surface area contributed by atoms with Gasteiger partial charge in [0.1, 0.15) is 0 Å². The number of hydrogen-bond donors (Lipinski definition) is 1. The van der Waals surface area contributed by atoms with Gasteiger partial charge in [0.05, 0.1) is 19.0 Å². The molecule has 0 bridgehead atoms. The maximum atomic E-state index is 11.0. The van der Waals surface area contributed by atoms with E-state index in [0.29, 0.717) is 24.9 Å². The van der Waals surface area contributed by atoms with Crippen LogP contribution in [0.3, 0.4) is 0 Å². The molecule has 1 rings (SSSR count). The highest BCUT2D eigenvalue weighted by atomic mass is 16.5. The van der Waals surface area contributed by atoms with E-state index in [2.05, 4.69) is 21.9 Å². The van der Waals surface area contributed by atoms with E-state index >= 15 is 0 Å². The minimum Gasteiger partial charge on any atom is -0.476 e. The lowest BCUT2D eigenvalue weighted by Gasteiger charge is -2.05. The van der Waals surface area contributed by atoms with Gasteiger partial charge in [0.2, 0.25) is 11.8 Å². The largest absolute Gasteiger partial charge is 0.476 e. The molecule has 92 valence electrons. The second kappa shape index (κ2) is 7.34. The van der Waals surface area contributed by atoms with Crippen LogP contribution in [0.25, 0.3) is 0 Å². The Labute approximate surface area is 99.7 Å². The molecule has 0 fully saturated rings. The highest BCUT2D eigenvalue weighted by Crippen LogP contribution is 2.07. The summed E-state index contributed by atoms with van der Waals surface area (Å²) < 4.78 is 10.2. The van der Waals surface area contributed by atoms with E-state index in [4.69, 9.17) is 9.47 Å². The number of methoxy groups -OCH3 is 1. The predicted octanol–water partition coefficient (Wildman–Crippen LogP) is 1.02. The smallest absolute Gasteiger partial charge is 0.248 e. The minimum atomic E-state index is -0.326. The summed E-state index contributed by atoms with van der Waals surface area (Å²) in [5.74, 6) is 0.449. The molecule has 0 saturated carbocycles. The van der Waals surface area contributed by atoms with Crippen LogP contribution in [0.15, 0.2) is 25.0 Å². The quantitative estimate of drug-likeness (QED) is 0.566. The van der Waals surface area contributed by atoms with Gasteiger partial charge in [0.15, 0.2) is 5.82 Å². The molecule has 0 aromatic carbocycles. The molecule has 0 radical (unpaired) electrons. The van der Waals surface area contributed by atoms with Crippen molar-refractivity contribution in [1.29, 1.82) is 0 Å². The van der Waals surface area contributed by atoms with Gasteiger partial charge in [-0.05, 0) is 6.08 Å². The Kier molecular flexibility index (Phi) is 5.67. The summed E-state index contributed by atoms with van der Waals surface area (Å²) in [7, 11) is 1.64. The van der Waals surface area contributed by atoms with E-state index in [1.807, 2.05) is 0 Å². The van der Waals surface area contributed by atoms with Gasteiger partial charge >= 0.3 is 0 Å². The van der Waals surface area contributed by atoms with Crippen LogP contribution in [0, 0.1) is 0 Å². The highest BCUT2D eigenvalue weighted by molar-refractivity contribution is 5.98. The molecule has 0 atom stereocenters. The van der Waals surface area contributed by atoms with Gasteiger partial charge in [0.25, 0.3) is 0 Å². The summed E-state index contributed by atoms with van der Waals surface area (Å²) in [5.41, 5.74) is 0. The second-order valence-electron chi connectivity index (χ2n) is 3.13. The zero-order valence-corrected chi connectivity index (χ0v) is 9.68. The summed E-state index contributed by atoms with van der Waals surface area (Å²) in [6, 6.07) is 0. The summed E-state index contributed by atoms with van der Waals surface area (Å²) in [6.07, 6.45) is 4.82. The van der Waals surface area contributed by atoms with Gasteiger partial charge in [-0.2, -0.15) is 0 Å². The van der Waals surface area contributed by atoms with Crippen molar-refractivity contribution in [2.75, 3.05) is 25.6 Å². The van der Waals surface area contributed by atoms with Crippen LogP contribution in [-0.4, -0.2) is 36.2 Å². The van der Waals surface area contributed by atoms with Gasteiger partial charge < -0.3 is 14.8 Å². The Balaban J connectivity index is 2.39. The molecule has 0 aliphatic rings. The van der Waals surface area contributed by atoms with E-state index in [1.165, 1.54) is 12.4 Å². The number of carbonyl (C=O) groups excluding carboxylic acids is 1. The van der Waals surface area contributed by atoms with Crippen LogP contribution in [0.4, 0.5) is 5.82 Å². The van der Waals surface area contributed by atoms with Gasteiger partial charge in [-0.25, -0.2) is 9.97 Å². The summed E-state index contributed by atoms with van der Waals surface area (Å²) in [6.45, 7) is 4.49. The molecule has 17 heavy (non-hydrogen) atoms. The average Bonchev–Trinajstić information content (AvgIpc) is 2.36. The van der Waals surface area contributed by atoms with Crippen molar-refractivity contribution in [1.82, 2.24) is 9.97 Å². The minimum absolute atomic E-state index is 0.326. The summed E-state index contributed by atoms with van der Waals surface area (Å²) in [4.78, 5) is 18.9. The molecule has 1 N–H and O–H groups in total. The first-order chi connectivity index (χ1) is 8.26. The maximum absolute atomic E-state index is 11.0. The SMILES string of the molecule is C=CC(=O)Nc1cnc(OCCCOC)cn1. The zero-order chi connectivity index (χ0) is 12.5. The molecule has 1 amide bonds. The fraction of sp³-hybridized carbons (Fsp3) is 0.364. The maximum Gasteiger partial charge on any atom is 0.248 e. The van der Waals surface area contributed by atoms with Crippen LogP contribution in [-0.2, 0) is 9.53 Å². The lowest BCUT2D eigenvalue weighted by Crippen LogP contribution is -2.09. The normalized spacial score (nSPS) is 9.71. The number of carbonyl (C=O) groups is 1. The van der Waals surface area contributed by atoms with Crippen molar-refractivity contribution >= 4 is 11.7 Å². The third-order valence-corrected chi connectivity index (χ3v) is 1.81. The fourth-order valence-electron chi connectivity index (χ4n) is 1.01. The second-order valence-corrected chi connectivity index (χ2v) is 3.13. The van der Waals surface area contributed by atoms with Crippen molar-refractivity contribution in [2.45, 2.75) is 6.42 Å². The Bertz CT molecular complexity index is 365. The van der Waals surface area contributed by atoms with Gasteiger partial charge in [-0.3, -0.25) is 4.79 Å². The summed E-state index contributed by atoms with van der Waals surface area (Å²) in [5, 5.41) is 2.49. The molecule has 0 aliphatic carbocycles. The zero-order valence-electron chi connectivity index (χ0n) is 9.68. The van der Waals surface area contributed by atoms with E-state index in [0.717, 1.165) is 12.5 Å². The van der Waals surface area contributed by atoms with Gasteiger partial charge in [0, 0.05) is 20.1 Å². The number of hydrogen-bond acceptors (Lipinski definition) is 5. The highest BCUT2D eigenvalue weighted by Gasteiger charge is 2.00. The first-order valence-corrected chi connectivity index (χ1v) is 5.13. The molecule has 6 nitrogen and oxygen atoms in total. The molecule has 0 spiro atoms. The molecule has 0 saturated heterocycles. The van der Waals surface area contributed by atoms with Crippen LogP contribution in [0.5, 0.6) is 5.88 Å². The number of aromatic nitrogens is 2. The third kappa shape index (κ3) is 5.07. The van der Waals surface area contributed by atoms with Crippen LogP contribution in [0.2, 0.25) is 0 Å². The molecular weight excluding hydrogens is 222 g/mol. The lowest BCUT2D eigenvalue weighted by atomic mass is 10.5. The van der Waals surface area contributed by atoms with Gasteiger partial charge in [-0.15, -0.1) is 0 Å². The van der Waals surface area contributed by atoms with Crippen molar-refractivity contribution in [3.63, 3.8) is 0 Å². The Morgan fingerprint density at radius 3 is 2.88 bits per heavy atom. The topological polar surface area (TPSA) is 73.3 Å². The van der Waals surface area contributed by atoms with Crippen molar-refractivity contribution in [3.8, 4) is 5.88 Å². The fourth-order valence-corrected chi connectivity index (χ4v) is 1.01. The molecule has 1 aromatic rings. The molecule has 0 aliphatic heterocycles. The first kappa shape index (κ1) is 13.1. The monoisotopic (exact) mass is 237 g/mol. The number of nitrogens with one attached hydrogen (secondary N) is 1. The lowest BCUT2D eigenvalue weighted by molar-refractivity contribution is -0.111. The molecule has 1 aromatic heterocycles. The van der Waals surface area contributed by atoms with Crippen LogP contribution >= 0.6 is 0 Å². The third-order valence-electron chi connectivity index (χ3n) is 1.81. The van der Waals surface area contributed by atoms with Crippen LogP contribution < -0.4 is 10.1 Å².